The van der Waals surface area contributed by atoms with Crippen molar-refractivity contribution in [2.24, 2.45) is 12.8 Å². The van der Waals surface area contributed by atoms with Crippen molar-refractivity contribution < 1.29 is 0 Å². The third-order valence-electron chi connectivity index (χ3n) is 3.04. The molecule has 84 valence electrons. The van der Waals surface area contributed by atoms with Gasteiger partial charge >= 0.3 is 0 Å². The molecule has 1 aromatic rings. The van der Waals surface area contributed by atoms with E-state index in [0.29, 0.717) is 18.4 Å². The topological polar surface area (TPSA) is 56.7 Å². The summed E-state index contributed by atoms with van der Waals surface area (Å²) in [5.41, 5.74) is 5.78. The van der Waals surface area contributed by atoms with Crippen LogP contribution >= 0.6 is 0 Å². The normalized spacial score (nSPS) is 18.1. The van der Waals surface area contributed by atoms with Crippen molar-refractivity contribution in [2.75, 3.05) is 6.54 Å². The Morgan fingerprint density at radius 3 is 2.80 bits per heavy atom. The molecular weight excluding hydrogens is 188 g/mol. The lowest BCUT2D eigenvalue weighted by Crippen LogP contribution is -2.16. The van der Waals surface area contributed by atoms with Gasteiger partial charge in [-0.2, -0.15) is 5.10 Å². The molecule has 4 heteroatoms. The van der Waals surface area contributed by atoms with E-state index in [1.807, 2.05) is 11.7 Å². The maximum absolute atomic E-state index is 5.78. The molecular formula is C11H20N4. The number of aromatic nitrogens is 3. The molecule has 1 aliphatic carbocycles. The highest BCUT2D eigenvalue weighted by Crippen LogP contribution is 2.38. The van der Waals surface area contributed by atoms with E-state index >= 15 is 0 Å². The van der Waals surface area contributed by atoms with E-state index in [4.69, 9.17) is 5.73 Å². The maximum Gasteiger partial charge on any atom is 0.154 e. The first kappa shape index (κ1) is 10.6. The number of aryl methyl sites for hydroxylation is 1. The second kappa shape index (κ2) is 4.31. The molecule has 0 spiro atoms. The molecule has 2 rings (SSSR count). The van der Waals surface area contributed by atoms with Crippen LogP contribution < -0.4 is 5.73 Å². The van der Waals surface area contributed by atoms with Crippen molar-refractivity contribution in [2.45, 2.75) is 44.4 Å². The molecule has 2 N–H and O–H groups in total. The van der Waals surface area contributed by atoms with Gasteiger partial charge in [0.1, 0.15) is 5.82 Å². The molecule has 15 heavy (non-hydrogen) atoms. The molecule has 0 saturated heterocycles. The van der Waals surface area contributed by atoms with Gasteiger partial charge in [-0.05, 0) is 19.3 Å². The van der Waals surface area contributed by atoms with Crippen LogP contribution in [0.5, 0.6) is 0 Å². The Bertz CT molecular complexity index is 327. The first-order chi connectivity index (χ1) is 7.26. The van der Waals surface area contributed by atoms with E-state index < -0.39 is 0 Å². The quantitative estimate of drug-likeness (QED) is 0.798. The van der Waals surface area contributed by atoms with Crippen LogP contribution in [0.25, 0.3) is 0 Å². The van der Waals surface area contributed by atoms with Crippen molar-refractivity contribution in [3.05, 3.63) is 11.6 Å². The minimum atomic E-state index is 0.375. The van der Waals surface area contributed by atoms with E-state index in [1.165, 1.54) is 12.8 Å². The molecule has 4 nitrogen and oxygen atoms in total. The van der Waals surface area contributed by atoms with E-state index in [-0.39, 0.29) is 0 Å². The number of rotatable bonds is 5. The SMILES string of the molecule is CCCC(CN)c1nc(C2CC2)nn1C. The van der Waals surface area contributed by atoms with Gasteiger partial charge in [0.2, 0.25) is 0 Å². The van der Waals surface area contributed by atoms with Crippen molar-refractivity contribution in [1.29, 1.82) is 0 Å². The lowest BCUT2D eigenvalue weighted by molar-refractivity contribution is 0.551. The zero-order valence-electron chi connectivity index (χ0n) is 9.61. The number of nitrogens with two attached hydrogens (primary N) is 1. The average molecular weight is 208 g/mol. The maximum atomic E-state index is 5.78. The molecule has 1 atom stereocenters. The summed E-state index contributed by atoms with van der Waals surface area (Å²) in [6.07, 6.45) is 4.76. The second-order valence-electron chi connectivity index (χ2n) is 4.45. The van der Waals surface area contributed by atoms with E-state index in [1.54, 1.807) is 0 Å². The fourth-order valence-corrected chi connectivity index (χ4v) is 1.99. The van der Waals surface area contributed by atoms with E-state index in [0.717, 1.165) is 24.5 Å². The van der Waals surface area contributed by atoms with Gasteiger partial charge < -0.3 is 5.73 Å². The Labute approximate surface area is 90.9 Å². The lowest BCUT2D eigenvalue weighted by atomic mass is 10.0. The highest BCUT2D eigenvalue weighted by Gasteiger charge is 2.29. The van der Waals surface area contributed by atoms with Crippen LogP contribution in [0.4, 0.5) is 0 Å². The molecule has 1 aromatic heterocycles. The van der Waals surface area contributed by atoms with Gasteiger partial charge in [0.05, 0.1) is 0 Å². The summed E-state index contributed by atoms with van der Waals surface area (Å²) in [6.45, 7) is 2.85. The summed E-state index contributed by atoms with van der Waals surface area (Å²) in [4.78, 5) is 4.63. The Morgan fingerprint density at radius 2 is 2.27 bits per heavy atom. The summed E-state index contributed by atoms with van der Waals surface area (Å²) in [5.74, 6) is 3.10. The molecule has 1 aliphatic rings. The molecule has 0 radical (unpaired) electrons. The van der Waals surface area contributed by atoms with Gasteiger partial charge in [0, 0.05) is 25.4 Å². The Morgan fingerprint density at radius 1 is 1.53 bits per heavy atom. The summed E-state index contributed by atoms with van der Waals surface area (Å²) in [6, 6.07) is 0. The fourth-order valence-electron chi connectivity index (χ4n) is 1.99. The standard InChI is InChI=1S/C11H20N4/c1-3-4-9(7-12)11-13-10(8-5-6-8)14-15(11)2/h8-9H,3-7,12H2,1-2H3. The summed E-state index contributed by atoms with van der Waals surface area (Å²) < 4.78 is 1.92. The van der Waals surface area contributed by atoms with Crippen LogP contribution in [0.1, 0.15) is 56.1 Å². The van der Waals surface area contributed by atoms with E-state index in [9.17, 15) is 0 Å². The molecule has 1 fully saturated rings. The molecule has 1 unspecified atom stereocenters. The third kappa shape index (κ3) is 2.20. The van der Waals surface area contributed by atoms with Crippen LogP contribution in [0, 0.1) is 0 Å². The van der Waals surface area contributed by atoms with Crippen LogP contribution in [0.15, 0.2) is 0 Å². The third-order valence-corrected chi connectivity index (χ3v) is 3.04. The largest absolute Gasteiger partial charge is 0.330 e. The van der Waals surface area contributed by atoms with Crippen LogP contribution in [-0.2, 0) is 7.05 Å². The highest BCUT2D eigenvalue weighted by molar-refractivity contribution is 5.08. The smallest absolute Gasteiger partial charge is 0.154 e. The minimum absolute atomic E-state index is 0.375. The van der Waals surface area contributed by atoms with Gasteiger partial charge in [-0.25, -0.2) is 4.98 Å². The van der Waals surface area contributed by atoms with Crippen molar-refractivity contribution in [3.63, 3.8) is 0 Å². The van der Waals surface area contributed by atoms with Gasteiger partial charge in [-0.15, -0.1) is 0 Å². The van der Waals surface area contributed by atoms with Gasteiger partial charge in [0.15, 0.2) is 5.82 Å². The summed E-state index contributed by atoms with van der Waals surface area (Å²) in [7, 11) is 1.98. The first-order valence-electron chi connectivity index (χ1n) is 5.87. The monoisotopic (exact) mass is 208 g/mol. The fraction of sp³-hybridized carbons (Fsp3) is 0.818. The molecule has 1 heterocycles. The number of hydrogen-bond acceptors (Lipinski definition) is 3. The molecule has 0 bridgehead atoms. The molecule has 0 amide bonds. The molecule has 1 saturated carbocycles. The van der Waals surface area contributed by atoms with Gasteiger partial charge in [-0.1, -0.05) is 13.3 Å². The Balaban J connectivity index is 2.17. The Kier molecular flexibility index (Phi) is 3.05. The van der Waals surface area contributed by atoms with Crippen LogP contribution in [0.3, 0.4) is 0 Å². The predicted molar refractivity (Wildman–Crippen MR) is 59.7 cm³/mol. The molecule has 0 aromatic carbocycles. The highest BCUT2D eigenvalue weighted by atomic mass is 15.3. The predicted octanol–water partition coefficient (Wildman–Crippen LogP) is 1.53. The Hall–Kier alpha value is -0.900. The lowest BCUT2D eigenvalue weighted by Gasteiger charge is -2.11. The first-order valence-corrected chi connectivity index (χ1v) is 5.87. The second-order valence-corrected chi connectivity index (χ2v) is 4.45. The van der Waals surface area contributed by atoms with E-state index in [2.05, 4.69) is 17.0 Å². The summed E-state index contributed by atoms with van der Waals surface area (Å²) in [5, 5.41) is 4.47. The number of nitrogens with zero attached hydrogens (tertiary/aromatic N) is 3. The van der Waals surface area contributed by atoms with Crippen molar-refractivity contribution in [3.8, 4) is 0 Å². The van der Waals surface area contributed by atoms with Crippen molar-refractivity contribution in [1.82, 2.24) is 14.8 Å². The van der Waals surface area contributed by atoms with Crippen LogP contribution in [-0.4, -0.2) is 21.3 Å². The van der Waals surface area contributed by atoms with Crippen molar-refractivity contribution >= 4 is 0 Å². The zero-order valence-corrected chi connectivity index (χ0v) is 9.61. The van der Waals surface area contributed by atoms with Gasteiger partial charge in [0.25, 0.3) is 0 Å². The minimum Gasteiger partial charge on any atom is -0.330 e. The molecule has 0 aliphatic heterocycles. The summed E-state index contributed by atoms with van der Waals surface area (Å²) >= 11 is 0. The number of hydrogen-bond donors (Lipinski definition) is 1. The van der Waals surface area contributed by atoms with Gasteiger partial charge in [-0.3, -0.25) is 4.68 Å². The van der Waals surface area contributed by atoms with Crippen LogP contribution in [0.2, 0.25) is 0 Å². The average Bonchev–Trinajstić information content (AvgIpc) is 3.00. The zero-order chi connectivity index (χ0) is 10.8.